The van der Waals surface area contributed by atoms with Gasteiger partial charge in [-0.1, -0.05) is 0 Å². The maximum absolute atomic E-state index is 12.4. The monoisotopic (exact) mass is 511 g/mol. The molecule has 0 aliphatic carbocycles. The Balaban J connectivity index is 0.00000432. The molecule has 5 N–H and O–H groups in total. The van der Waals surface area contributed by atoms with E-state index < -0.39 is 42.0 Å². The van der Waals surface area contributed by atoms with E-state index in [1.54, 1.807) is 24.1 Å². The van der Waals surface area contributed by atoms with Crippen LogP contribution in [0.3, 0.4) is 0 Å². The molecule has 180 valence electrons. The Bertz CT molecular complexity index is 1170. The fraction of sp³-hybridized carbons (Fsp3) is 0.300. The van der Waals surface area contributed by atoms with Gasteiger partial charge in [0.2, 0.25) is 12.4 Å². The second-order valence-electron chi connectivity index (χ2n) is 7.44. The topological polar surface area (TPSA) is 217 Å². The molecule has 3 rings (SSSR count). The van der Waals surface area contributed by atoms with Crippen LogP contribution in [0.15, 0.2) is 29.1 Å². The summed E-state index contributed by atoms with van der Waals surface area (Å²) in [6.45, 7) is 0.214. The Morgan fingerprint density at radius 3 is 2.54 bits per heavy atom. The molecule has 1 aliphatic heterocycles. The quantitative estimate of drug-likeness (QED) is 0.189. The maximum atomic E-state index is 12.4. The van der Waals surface area contributed by atoms with Crippen molar-refractivity contribution in [2.45, 2.75) is 25.0 Å². The molecule has 1 aliphatic rings. The second kappa shape index (κ2) is 11.9. The standard InChI is InChI=1S/C20H23N7O7.Ca/c1-26(13-8-22-16-15(27(13)9-28)18(32)25-20(21)24-16)11-4-2-10(3-5-11)17(31)23-12(19(33)34)6-7-14(29)30;/h2-5,9,12-13H,6-8H2,1H3,(H,23,31)(H,29,30)(H,33,34)(H4,21,22,24,25,32);/q;+2/p-2/t12?,13-;/m0./s1. The van der Waals surface area contributed by atoms with Gasteiger partial charge in [0.25, 0.3) is 11.5 Å². The molecular formula is C20H21CaN7O7. The van der Waals surface area contributed by atoms with Gasteiger partial charge in [0.1, 0.15) is 6.17 Å². The Morgan fingerprint density at radius 2 is 1.97 bits per heavy atom. The number of H-pyrrole nitrogens is 1. The van der Waals surface area contributed by atoms with E-state index in [1.807, 2.05) is 0 Å². The van der Waals surface area contributed by atoms with Crippen molar-refractivity contribution in [1.82, 2.24) is 15.3 Å². The molecule has 14 nitrogen and oxygen atoms in total. The van der Waals surface area contributed by atoms with E-state index in [0.717, 1.165) is 0 Å². The molecule has 0 radical (unpaired) electrons. The number of aromatic nitrogens is 2. The molecule has 2 heterocycles. The first kappa shape index (κ1) is 27.9. The van der Waals surface area contributed by atoms with Crippen LogP contribution in [0.5, 0.6) is 0 Å². The summed E-state index contributed by atoms with van der Waals surface area (Å²) in [4.78, 5) is 67.5. The van der Waals surface area contributed by atoms with Crippen LogP contribution in [-0.2, 0) is 14.4 Å². The number of benzene rings is 1. The van der Waals surface area contributed by atoms with Gasteiger partial charge in [0.15, 0.2) is 11.5 Å². The van der Waals surface area contributed by atoms with E-state index in [1.165, 1.54) is 17.0 Å². The fourth-order valence-corrected chi connectivity index (χ4v) is 3.50. The van der Waals surface area contributed by atoms with Gasteiger partial charge in [-0.3, -0.25) is 24.3 Å². The van der Waals surface area contributed by atoms with Crippen LogP contribution >= 0.6 is 0 Å². The van der Waals surface area contributed by atoms with Gasteiger partial charge < -0.3 is 41.1 Å². The van der Waals surface area contributed by atoms with Gasteiger partial charge in [-0.15, -0.1) is 0 Å². The number of nitrogens with two attached hydrogens (primary N) is 1. The van der Waals surface area contributed by atoms with Gasteiger partial charge in [0.05, 0.1) is 18.6 Å². The Hall–Kier alpha value is -3.36. The van der Waals surface area contributed by atoms with Gasteiger partial charge in [0, 0.05) is 24.3 Å². The van der Waals surface area contributed by atoms with Crippen molar-refractivity contribution in [3.63, 3.8) is 0 Å². The number of aliphatic carboxylic acids is 2. The number of nitrogens with zero attached hydrogens (tertiary/aromatic N) is 3. The van der Waals surface area contributed by atoms with E-state index in [4.69, 9.17) is 5.73 Å². The van der Waals surface area contributed by atoms with Gasteiger partial charge in [-0.2, -0.15) is 4.98 Å². The summed E-state index contributed by atoms with van der Waals surface area (Å²) < 4.78 is 0. The largest absolute Gasteiger partial charge is 2.00 e. The summed E-state index contributed by atoms with van der Waals surface area (Å²) in [6.07, 6.45) is -1.06. The number of likely N-dealkylation sites (N-methyl/N-ethyl adjacent to an activating group) is 1. The molecule has 0 bridgehead atoms. The van der Waals surface area contributed by atoms with Crippen LogP contribution in [-0.4, -0.2) is 97.8 Å². The summed E-state index contributed by atoms with van der Waals surface area (Å²) in [5.74, 6) is -3.72. The number of anilines is 4. The zero-order valence-electron chi connectivity index (χ0n) is 18.6. The molecule has 1 aromatic carbocycles. The van der Waals surface area contributed by atoms with E-state index >= 15 is 0 Å². The molecule has 2 aromatic rings. The van der Waals surface area contributed by atoms with Gasteiger partial charge >= 0.3 is 37.7 Å². The van der Waals surface area contributed by atoms with Crippen molar-refractivity contribution < 1.29 is 29.4 Å². The molecule has 0 fully saturated rings. The summed E-state index contributed by atoms with van der Waals surface area (Å²) in [5, 5.41) is 26.9. The molecule has 2 amide bonds. The Kier molecular flexibility index (Phi) is 9.45. The average Bonchev–Trinajstić information content (AvgIpc) is 2.79. The van der Waals surface area contributed by atoms with Crippen LogP contribution in [0.4, 0.5) is 23.1 Å². The van der Waals surface area contributed by atoms with E-state index in [0.29, 0.717) is 12.1 Å². The van der Waals surface area contributed by atoms with Gasteiger partial charge in [-0.25, -0.2) is 0 Å². The van der Waals surface area contributed by atoms with Crippen molar-refractivity contribution in [2.24, 2.45) is 0 Å². The number of carboxylic acid groups (broad SMARTS) is 2. The number of carbonyl (C=O) groups excluding carboxylic acids is 4. The zero-order chi connectivity index (χ0) is 25.0. The smallest absolute Gasteiger partial charge is 0.550 e. The second-order valence-corrected chi connectivity index (χ2v) is 7.44. The van der Waals surface area contributed by atoms with Crippen molar-refractivity contribution in [3.8, 4) is 0 Å². The molecular weight excluding hydrogens is 490 g/mol. The third kappa shape index (κ3) is 6.41. The predicted molar refractivity (Wildman–Crippen MR) is 121 cm³/mol. The number of hydrogen-bond donors (Lipinski definition) is 4. The molecule has 35 heavy (non-hydrogen) atoms. The number of nitrogen functional groups attached to an aromatic ring is 1. The minimum Gasteiger partial charge on any atom is -0.550 e. The molecule has 1 aromatic heterocycles. The molecule has 0 saturated heterocycles. The first-order valence-corrected chi connectivity index (χ1v) is 10.0. The maximum Gasteiger partial charge on any atom is 2.00 e. The number of carbonyl (C=O) groups is 4. The first-order chi connectivity index (χ1) is 16.1. The van der Waals surface area contributed by atoms with Crippen molar-refractivity contribution >= 4 is 85.1 Å². The predicted octanol–water partition coefficient (Wildman–Crippen LogP) is -3.80. The van der Waals surface area contributed by atoms with Gasteiger partial charge in [-0.05, 0) is 37.1 Å². The van der Waals surface area contributed by atoms with Crippen molar-refractivity contribution in [2.75, 3.05) is 34.4 Å². The number of amides is 2. The minimum atomic E-state index is -1.61. The van der Waals surface area contributed by atoms with E-state index in [2.05, 4.69) is 20.6 Å². The third-order valence-electron chi connectivity index (χ3n) is 5.27. The van der Waals surface area contributed by atoms with Crippen LogP contribution < -0.4 is 41.9 Å². The summed E-state index contributed by atoms with van der Waals surface area (Å²) in [5.41, 5.74) is 5.66. The number of fused-ring (bicyclic) bond motifs is 1. The summed E-state index contributed by atoms with van der Waals surface area (Å²) in [7, 11) is 1.67. The number of rotatable bonds is 9. The molecule has 0 spiro atoms. The molecule has 15 heteroatoms. The zero-order valence-corrected chi connectivity index (χ0v) is 20.9. The molecule has 0 saturated carbocycles. The first-order valence-electron chi connectivity index (χ1n) is 10.0. The summed E-state index contributed by atoms with van der Waals surface area (Å²) >= 11 is 0. The van der Waals surface area contributed by atoms with E-state index in [-0.39, 0.29) is 73.7 Å². The SMILES string of the molecule is CN(c1ccc(C(=O)NC(CCC(=O)[O-])C(=O)[O-])cc1)[C@@H]1CNc2nc(N)[nH]c(=O)c2N1C=O.[Ca+2]. The number of carboxylic acids is 2. The molecule has 1 unspecified atom stereocenters. The third-order valence-corrected chi connectivity index (χ3v) is 5.27. The fourth-order valence-electron chi connectivity index (χ4n) is 3.50. The number of aromatic amines is 1. The van der Waals surface area contributed by atoms with Crippen LogP contribution in [0.2, 0.25) is 0 Å². The van der Waals surface area contributed by atoms with Crippen LogP contribution in [0.1, 0.15) is 23.2 Å². The van der Waals surface area contributed by atoms with Crippen LogP contribution in [0, 0.1) is 0 Å². The van der Waals surface area contributed by atoms with E-state index in [9.17, 15) is 34.2 Å². The Morgan fingerprint density at radius 1 is 1.31 bits per heavy atom. The average molecular weight is 512 g/mol. The van der Waals surface area contributed by atoms with Crippen LogP contribution in [0.25, 0.3) is 0 Å². The normalized spacial score (nSPS) is 15.0. The minimum absolute atomic E-state index is 0. The molecule has 2 atom stereocenters. The summed E-state index contributed by atoms with van der Waals surface area (Å²) in [6, 6.07) is 4.48. The van der Waals surface area contributed by atoms with Crippen molar-refractivity contribution in [3.05, 3.63) is 40.2 Å². The number of hydrogen-bond acceptors (Lipinski definition) is 11. The number of nitrogens with one attached hydrogen (secondary N) is 3. The van der Waals surface area contributed by atoms with Crippen molar-refractivity contribution in [1.29, 1.82) is 0 Å². The Labute approximate surface area is 228 Å².